The maximum atomic E-state index is 11.9. The summed E-state index contributed by atoms with van der Waals surface area (Å²) < 4.78 is 27.8. The zero-order chi connectivity index (χ0) is 11.4. The van der Waals surface area contributed by atoms with Gasteiger partial charge < -0.3 is 5.32 Å². The molecule has 0 aromatic carbocycles. The second-order valence-electron chi connectivity index (χ2n) is 3.55. The summed E-state index contributed by atoms with van der Waals surface area (Å²) in [5, 5.41) is 5.06. The van der Waals surface area contributed by atoms with Crippen LogP contribution >= 0.6 is 11.3 Å². The monoisotopic (exact) mass is 261 g/mol. The molecule has 2 heterocycles. The number of thiophene rings is 1. The molecule has 1 aromatic heterocycles. The Hall–Kier alpha value is -0.470. The lowest BCUT2D eigenvalue weighted by Crippen LogP contribution is -2.50. The van der Waals surface area contributed by atoms with E-state index >= 15 is 0 Å². The first-order valence-corrected chi connectivity index (χ1v) is 7.48. The zero-order valence-electron chi connectivity index (χ0n) is 8.85. The fourth-order valence-corrected chi connectivity index (χ4v) is 3.47. The maximum absolute atomic E-state index is 11.9. The number of nitrogens with one attached hydrogen (secondary N) is 2. The third-order valence-corrected chi connectivity index (χ3v) is 4.86. The number of hydrogen-bond acceptors (Lipinski definition) is 4. The molecule has 0 aliphatic carbocycles. The van der Waals surface area contributed by atoms with Crippen molar-refractivity contribution in [3.05, 3.63) is 22.4 Å². The second kappa shape index (κ2) is 5.24. The van der Waals surface area contributed by atoms with Gasteiger partial charge >= 0.3 is 0 Å². The Morgan fingerprint density at radius 3 is 2.81 bits per heavy atom. The molecule has 1 fully saturated rings. The highest BCUT2D eigenvalue weighted by Gasteiger charge is 2.22. The molecular weight excluding hydrogens is 246 g/mol. The minimum atomic E-state index is -3.31. The molecule has 1 aliphatic heterocycles. The van der Waals surface area contributed by atoms with Gasteiger partial charge in [0.05, 0.1) is 0 Å². The lowest BCUT2D eigenvalue weighted by Gasteiger charge is -2.26. The van der Waals surface area contributed by atoms with Gasteiger partial charge in [0.1, 0.15) is 0 Å². The normalized spacial score (nSPS) is 18.8. The molecule has 1 aliphatic rings. The van der Waals surface area contributed by atoms with Crippen LogP contribution in [-0.2, 0) is 16.8 Å². The van der Waals surface area contributed by atoms with Crippen LogP contribution in [-0.4, -0.2) is 38.9 Å². The van der Waals surface area contributed by atoms with Gasteiger partial charge in [-0.15, -0.1) is 11.3 Å². The SMILES string of the molecule is O=S(=O)(NCc1cccs1)N1CCNCC1. The van der Waals surface area contributed by atoms with E-state index in [4.69, 9.17) is 0 Å². The summed E-state index contributed by atoms with van der Waals surface area (Å²) in [5.74, 6) is 0. The molecule has 1 aromatic rings. The summed E-state index contributed by atoms with van der Waals surface area (Å²) >= 11 is 1.55. The molecule has 5 nitrogen and oxygen atoms in total. The third kappa shape index (κ3) is 3.02. The topological polar surface area (TPSA) is 61.4 Å². The van der Waals surface area contributed by atoms with E-state index in [-0.39, 0.29) is 0 Å². The van der Waals surface area contributed by atoms with Crippen molar-refractivity contribution >= 4 is 21.5 Å². The number of nitrogens with zero attached hydrogens (tertiary/aromatic N) is 1. The van der Waals surface area contributed by atoms with Crippen molar-refractivity contribution in [2.45, 2.75) is 6.54 Å². The van der Waals surface area contributed by atoms with Crippen LogP contribution < -0.4 is 10.0 Å². The fourth-order valence-electron chi connectivity index (χ4n) is 1.55. The molecule has 2 rings (SSSR count). The van der Waals surface area contributed by atoms with E-state index in [1.54, 1.807) is 11.3 Å². The van der Waals surface area contributed by atoms with Crippen LogP contribution in [0.4, 0.5) is 0 Å². The van der Waals surface area contributed by atoms with Gasteiger partial charge in [0.2, 0.25) is 0 Å². The molecule has 0 amide bonds. The van der Waals surface area contributed by atoms with E-state index in [0.717, 1.165) is 18.0 Å². The number of rotatable bonds is 4. The lowest BCUT2D eigenvalue weighted by atomic mass is 10.4. The average Bonchev–Trinajstić information content (AvgIpc) is 2.81. The molecule has 0 saturated carbocycles. The molecule has 16 heavy (non-hydrogen) atoms. The molecule has 0 radical (unpaired) electrons. The van der Waals surface area contributed by atoms with Crippen molar-refractivity contribution in [2.75, 3.05) is 26.2 Å². The molecule has 90 valence electrons. The summed E-state index contributed by atoms with van der Waals surface area (Å²) in [7, 11) is -3.31. The van der Waals surface area contributed by atoms with Gasteiger partial charge in [-0.3, -0.25) is 0 Å². The summed E-state index contributed by atoms with van der Waals surface area (Å²) in [6.07, 6.45) is 0. The van der Waals surface area contributed by atoms with Crippen LogP contribution in [0.2, 0.25) is 0 Å². The number of piperazine rings is 1. The van der Waals surface area contributed by atoms with Crippen LogP contribution in [0.15, 0.2) is 17.5 Å². The summed E-state index contributed by atoms with van der Waals surface area (Å²) in [4.78, 5) is 1.03. The van der Waals surface area contributed by atoms with E-state index in [1.165, 1.54) is 4.31 Å². The molecule has 0 bridgehead atoms. The van der Waals surface area contributed by atoms with Crippen molar-refractivity contribution in [1.29, 1.82) is 0 Å². The smallest absolute Gasteiger partial charge is 0.279 e. The quantitative estimate of drug-likeness (QED) is 0.801. The van der Waals surface area contributed by atoms with E-state index in [9.17, 15) is 8.42 Å². The Morgan fingerprint density at radius 2 is 2.19 bits per heavy atom. The molecule has 0 atom stereocenters. The molecule has 1 saturated heterocycles. The maximum Gasteiger partial charge on any atom is 0.279 e. The van der Waals surface area contributed by atoms with Crippen molar-refractivity contribution in [3.8, 4) is 0 Å². The van der Waals surface area contributed by atoms with Gasteiger partial charge in [0.15, 0.2) is 0 Å². The van der Waals surface area contributed by atoms with Crippen LogP contribution in [0.5, 0.6) is 0 Å². The summed E-state index contributed by atoms with van der Waals surface area (Å²) in [6, 6.07) is 3.84. The first kappa shape index (κ1) is 12.0. The Balaban J connectivity index is 1.91. The van der Waals surface area contributed by atoms with Gasteiger partial charge in [-0.25, -0.2) is 0 Å². The summed E-state index contributed by atoms with van der Waals surface area (Å²) in [6.45, 7) is 2.91. The standard InChI is InChI=1S/C9H15N3O2S2/c13-16(14,12-5-3-10-4-6-12)11-8-9-2-1-7-15-9/h1-2,7,10-11H,3-6,8H2. The Bertz CT molecular complexity index is 410. The predicted octanol–water partition coefficient (Wildman–Crippen LogP) is -0.0123. The van der Waals surface area contributed by atoms with E-state index in [1.807, 2.05) is 17.5 Å². The number of hydrogen-bond donors (Lipinski definition) is 2. The Morgan fingerprint density at radius 1 is 1.44 bits per heavy atom. The van der Waals surface area contributed by atoms with Gasteiger partial charge in [0.25, 0.3) is 10.2 Å². The molecule has 2 N–H and O–H groups in total. The highest BCUT2D eigenvalue weighted by Crippen LogP contribution is 2.09. The van der Waals surface area contributed by atoms with Crippen LogP contribution in [0.25, 0.3) is 0 Å². The van der Waals surface area contributed by atoms with Crippen molar-refractivity contribution in [2.24, 2.45) is 0 Å². The zero-order valence-corrected chi connectivity index (χ0v) is 10.5. The third-order valence-electron chi connectivity index (χ3n) is 2.42. The molecule has 0 unspecified atom stereocenters. The highest BCUT2D eigenvalue weighted by molar-refractivity contribution is 7.87. The van der Waals surface area contributed by atoms with E-state index in [2.05, 4.69) is 10.0 Å². The van der Waals surface area contributed by atoms with E-state index < -0.39 is 10.2 Å². The molecule has 7 heteroatoms. The van der Waals surface area contributed by atoms with E-state index in [0.29, 0.717) is 19.6 Å². The Kier molecular flexibility index (Phi) is 3.93. The van der Waals surface area contributed by atoms with Crippen molar-refractivity contribution in [3.63, 3.8) is 0 Å². The fraction of sp³-hybridized carbons (Fsp3) is 0.556. The van der Waals surface area contributed by atoms with Crippen LogP contribution in [0.1, 0.15) is 4.88 Å². The first-order valence-electron chi connectivity index (χ1n) is 5.16. The van der Waals surface area contributed by atoms with Crippen LogP contribution in [0.3, 0.4) is 0 Å². The second-order valence-corrected chi connectivity index (χ2v) is 6.34. The van der Waals surface area contributed by atoms with Crippen molar-refractivity contribution in [1.82, 2.24) is 14.3 Å². The minimum Gasteiger partial charge on any atom is -0.314 e. The predicted molar refractivity (Wildman–Crippen MR) is 64.5 cm³/mol. The molecular formula is C9H15N3O2S2. The van der Waals surface area contributed by atoms with Crippen molar-refractivity contribution < 1.29 is 8.42 Å². The van der Waals surface area contributed by atoms with Gasteiger partial charge in [-0.2, -0.15) is 17.4 Å². The average molecular weight is 261 g/mol. The van der Waals surface area contributed by atoms with Gasteiger partial charge in [-0.05, 0) is 11.4 Å². The minimum absolute atomic E-state index is 0.379. The molecule has 0 spiro atoms. The lowest BCUT2D eigenvalue weighted by molar-refractivity contribution is 0.355. The Labute approximate surface area is 99.6 Å². The van der Waals surface area contributed by atoms with Crippen LogP contribution in [0, 0.1) is 0 Å². The highest BCUT2D eigenvalue weighted by atomic mass is 32.2. The summed E-state index contributed by atoms with van der Waals surface area (Å²) in [5.41, 5.74) is 0. The van der Waals surface area contributed by atoms with Gasteiger partial charge in [0, 0.05) is 37.6 Å². The largest absolute Gasteiger partial charge is 0.314 e. The van der Waals surface area contributed by atoms with Gasteiger partial charge in [-0.1, -0.05) is 6.07 Å². The first-order chi connectivity index (χ1) is 7.68.